The zero-order chi connectivity index (χ0) is 10.7. The molecule has 14 heavy (non-hydrogen) atoms. The van der Waals surface area contributed by atoms with Gasteiger partial charge in [-0.2, -0.15) is 0 Å². The van der Waals surface area contributed by atoms with Gasteiger partial charge in [0.2, 0.25) is 0 Å². The van der Waals surface area contributed by atoms with Crippen LogP contribution in [0.2, 0.25) is 0 Å². The van der Waals surface area contributed by atoms with E-state index in [2.05, 4.69) is 0 Å². The van der Waals surface area contributed by atoms with Crippen molar-refractivity contribution in [1.82, 2.24) is 0 Å². The number of rotatable bonds is 0. The Labute approximate surface area is 114 Å². The Morgan fingerprint density at radius 1 is 0.571 bits per heavy atom. The van der Waals surface area contributed by atoms with Crippen LogP contribution in [0.3, 0.4) is 0 Å². The largest absolute Gasteiger partial charge is 0.394 e. The fourth-order valence-corrected chi connectivity index (χ4v) is 0. The summed E-state index contributed by atoms with van der Waals surface area (Å²) >= 11 is 0. The number of aliphatic hydroxyl groups excluding tert-OH is 3. The Morgan fingerprint density at radius 2 is 0.571 bits per heavy atom. The molecule has 0 rings (SSSR count). The van der Waals surface area contributed by atoms with Crippen molar-refractivity contribution < 1.29 is 37.0 Å². The summed E-state index contributed by atoms with van der Waals surface area (Å²) in [4.78, 5) is 0. The van der Waals surface area contributed by atoms with E-state index in [0.717, 1.165) is 0 Å². The Kier molecular flexibility index (Phi) is 49.8. The van der Waals surface area contributed by atoms with Crippen molar-refractivity contribution in [3.8, 4) is 0 Å². The zero-order valence-corrected chi connectivity index (χ0v) is 13.3. The first-order chi connectivity index (χ1) is 5.20. The van der Waals surface area contributed by atoms with Crippen LogP contribution in [0.4, 0.5) is 0 Å². The summed E-state index contributed by atoms with van der Waals surface area (Å²) in [5.74, 6) is 0. The number of halogens is 1. The number of aliphatic hydroxyl groups is 3. The van der Waals surface area contributed by atoms with Gasteiger partial charge >= 0.3 is 0 Å². The molecule has 0 heterocycles. The minimum Gasteiger partial charge on any atom is -0.394 e. The molecule has 0 saturated heterocycles. The van der Waals surface area contributed by atoms with Crippen LogP contribution in [0.1, 0.15) is 41.5 Å². The molecule has 90 valence electrons. The molecule has 0 unspecified atom stereocenters. The molecule has 0 bridgehead atoms. The SMILES string of the molecule is Br.CC(C)O.CC(C)O.CC(C)O.[Ti]. The average Bonchev–Trinajstić information content (AvgIpc) is 1.54. The first-order valence-corrected chi connectivity index (χ1v) is 4.24. The van der Waals surface area contributed by atoms with Gasteiger partial charge in [0.05, 0.1) is 0 Å². The summed E-state index contributed by atoms with van der Waals surface area (Å²) in [5.41, 5.74) is 0. The fraction of sp³-hybridized carbons (Fsp3) is 1.00. The van der Waals surface area contributed by atoms with Crippen molar-refractivity contribution in [2.75, 3.05) is 0 Å². The van der Waals surface area contributed by atoms with Crippen LogP contribution in [0.25, 0.3) is 0 Å². The van der Waals surface area contributed by atoms with E-state index in [9.17, 15) is 0 Å². The molecule has 0 aromatic rings. The van der Waals surface area contributed by atoms with Crippen LogP contribution >= 0.6 is 17.0 Å². The number of hydrogen-bond acceptors (Lipinski definition) is 3. The molecule has 0 atom stereocenters. The van der Waals surface area contributed by atoms with Crippen LogP contribution in [0.5, 0.6) is 0 Å². The van der Waals surface area contributed by atoms with Crippen molar-refractivity contribution >= 4 is 17.0 Å². The maximum atomic E-state index is 8.06. The number of hydrogen-bond donors (Lipinski definition) is 3. The van der Waals surface area contributed by atoms with Gasteiger partial charge in [-0.25, -0.2) is 0 Å². The van der Waals surface area contributed by atoms with Crippen molar-refractivity contribution in [3.05, 3.63) is 0 Å². The molecule has 0 aromatic heterocycles. The van der Waals surface area contributed by atoms with Gasteiger partial charge in [-0.15, -0.1) is 17.0 Å². The summed E-state index contributed by atoms with van der Waals surface area (Å²) in [5, 5.41) is 24.2. The summed E-state index contributed by atoms with van der Waals surface area (Å²) in [6.45, 7) is 10.3. The normalized spacial score (nSPS) is 7.71. The molecule has 3 nitrogen and oxygen atoms in total. The minimum atomic E-state index is -0.167. The second-order valence-corrected chi connectivity index (χ2v) is 3.28. The molecule has 0 saturated carbocycles. The van der Waals surface area contributed by atoms with Gasteiger partial charge in [0.1, 0.15) is 0 Å². The van der Waals surface area contributed by atoms with E-state index in [1.54, 1.807) is 41.5 Å². The van der Waals surface area contributed by atoms with E-state index in [0.29, 0.717) is 0 Å². The van der Waals surface area contributed by atoms with Gasteiger partial charge in [-0.05, 0) is 41.5 Å². The molecule has 0 aliphatic rings. The van der Waals surface area contributed by atoms with Gasteiger partial charge in [0, 0.05) is 40.0 Å². The molecule has 0 fully saturated rings. The molecule has 3 N–H and O–H groups in total. The van der Waals surface area contributed by atoms with Crippen LogP contribution in [0.15, 0.2) is 0 Å². The monoisotopic (exact) mass is 308 g/mol. The molecule has 5 heteroatoms. The van der Waals surface area contributed by atoms with E-state index in [1.807, 2.05) is 0 Å². The molecule has 0 aromatic carbocycles. The van der Waals surface area contributed by atoms with Gasteiger partial charge < -0.3 is 15.3 Å². The Hall–Kier alpha value is 1.07. The van der Waals surface area contributed by atoms with Crippen LogP contribution < -0.4 is 0 Å². The molecule has 0 aliphatic carbocycles. The van der Waals surface area contributed by atoms with Crippen molar-refractivity contribution in [2.24, 2.45) is 0 Å². The Bertz CT molecular complexity index is 48.5. The Balaban J connectivity index is -0.0000000270. The fourth-order valence-electron chi connectivity index (χ4n) is 0. The van der Waals surface area contributed by atoms with E-state index >= 15 is 0 Å². The van der Waals surface area contributed by atoms with E-state index in [1.165, 1.54) is 0 Å². The Morgan fingerprint density at radius 3 is 0.571 bits per heavy atom. The first-order valence-electron chi connectivity index (χ1n) is 4.24. The first kappa shape index (κ1) is 29.4. The third kappa shape index (κ3) is 1650. The second-order valence-electron chi connectivity index (χ2n) is 3.28. The van der Waals surface area contributed by atoms with Gasteiger partial charge in [-0.1, -0.05) is 0 Å². The van der Waals surface area contributed by atoms with Crippen LogP contribution in [-0.2, 0) is 21.7 Å². The summed E-state index contributed by atoms with van der Waals surface area (Å²) in [6.07, 6.45) is -0.500. The second kappa shape index (κ2) is 23.7. The van der Waals surface area contributed by atoms with E-state index in [4.69, 9.17) is 15.3 Å². The van der Waals surface area contributed by atoms with E-state index in [-0.39, 0.29) is 57.0 Å². The molecule has 0 amide bonds. The van der Waals surface area contributed by atoms with Crippen molar-refractivity contribution in [1.29, 1.82) is 0 Å². The molecule has 0 radical (unpaired) electrons. The molecule has 0 spiro atoms. The third-order valence-corrected chi connectivity index (χ3v) is 0. The maximum absolute atomic E-state index is 8.06. The predicted molar refractivity (Wildman–Crippen MR) is 62.4 cm³/mol. The van der Waals surface area contributed by atoms with Crippen LogP contribution in [-0.4, -0.2) is 33.6 Å². The average molecular weight is 309 g/mol. The van der Waals surface area contributed by atoms with Crippen LogP contribution in [0, 0.1) is 0 Å². The summed E-state index contributed by atoms with van der Waals surface area (Å²) < 4.78 is 0. The molecular formula is C9H25BrO3Ti. The van der Waals surface area contributed by atoms with Gasteiger partial charge in [0.25, 0.3) is 0 Å². The predicted octanol–water partition coefficient (Wildman–Crippen LogP) is 1.74. The van der Waals surface area contributed by atoms with Crippen molar-refractivity contribution in [3.63, 3.8) is 0 Å². The van der Waals surface area contributed by atoms with Gasteiger partial charge in [0.15, 0.2) is 0 Å². The van der Waals surface area contributed by atoms with Crippen molar-refractivity contribution in [2.45, 2.75) is 59.9 Å². The molecular weight excluding hydrogens is 284 g/mol. The maximum Gasteiger partial charge on any atom is 0.0483 e. The standard InChI is InChI=1S/3C3H8O.BrH.Ti/c3*1-3(2)4;;/h3*3-4H,1-2H3;1H;. The van der Waals surface area contributed by atoms with Gasteiger partial charge in [-0.3, -0.25) is 0 Å². The quantitative estimate of drug-likeness (QED) is 0.597. The topological polar surface area (TPSA) is 60.7 Å². The van der Waals surface area contributed by atoms with E-state index < -0.39 is 0 Å². The zero-order valence-electron chi connectivity index (χ0n) is 9.98. The summed E-state index contributed by atoms with van der Waals surface area (Å²) in [6, 6.07) is 0. The smallest absolute Gasteiger partial charge is 0.0483 e. The molecule has 0 aliphatic heterocycles. The minimum absolute atomic E-state index is 0. The summed E-state index contributed by atoms with van der Waals surface area (Å²) in [7, 11) is 0. The third-order valence-electron chi connectivity index (χ3n) is 0.